The van der Waals surface area contributed by atoms with Crippen LogP contribution in [0.15, 0.2) is 48.5 Å². The molecule has 1 unspecified atom stereocenters. The fourth-order valence-corrected chi connectivity index (χ4v) is 5.17. The Balaban J connectivity index is 1.31. The van der Waals surface area contributed by atoms with E-state index in [1.807, 2.05) is 67.5 Å². The Morgan fingerprint density at radius 3 is 2.06 bits per heavy atom. The van der Waals surface area contributed by atoms with Gasteiger partial charge in [0.15, 0.2) is 0 Å². The van der Waals surface area contributed by atoms with Gasteiger partial charge in [0, 0.05) is 76.3 Å². The summed E-state index contributed by atoms with van der Waals surface area (Å²) in [6.07, 6.45) is 1.99. The molecular weight excluding hydrogens is 428 g/mol. The van der Waals surface area contributed by atoms with Crippen molar-refractivity contribution in [3.63, 3.8) is 0 Å². The summed E-state index contributed by atoms with van der Waals surface area (Å²) < 4.78 is 0. The molecule has 2 aliphatic rings. The first-order valence-electron chi connectivity index (χ1n) is 12.0. The Morgan fingerprint density at radius 2 is 1.56 bits per heavy atom. The lowest BCUT2D eigenvalue weighted by atomic mass is 9.97. The molecule has 0 aromatic heterocycles. The number of carboxylic acid groups (broad SMARTS) is 1. The maximum Gasteiger partial charge on any atom is 0.325 e. The molecule has 0 radical (unpaired) electrons. The number of nitrogens with zero attached hydrogens (tertiary/aromatic N) is 4. The van der Waals surface area contributed by atoms with Crippen LogP contribution in [0, 0.1) is 5.41 Å². The van der Waals surface area contributed by atoms with E-state index in [-0.39, 0.29) is 5.84 Å². The molecule has 8 heteroatoms. The number of anilines is 2. The van der Waals surface area contributed by atoms with Crippen molar-refractivity contribution >= 4 is 23.2 Å². The van der Waals surface area contributed by atoms with E-state index in [9.17, 15) is 9.90 Å². The van der Waals surface area contributed by atoms with Crippen LogP contribution in [0.4, 0.5) is 11.4 Å². The van der Waals surface area contributed by atoms with Crippen molar-refractivity contribution in [2.75, 3.05) is 63.2 Å². The van der Waals surface area contributed by atoms with Gasteiger partial charge < -0.3 is 20.6 Å². The van der Waals surface area contributed by atoms with Gasteiger partial charge in [-0.1, -0.05) is 12.1 Å². The van der Waals surface area contributed by atoms with Gasteiger partial charge in [0.2, 0.25) is 0 Å². The van der Waals surface area contributed by atoms with Crippen LogP contribution >= 0.6 is 0 Å². The molecule has 2 aromatic rings. The quantitative estimate of drug-likeness (QED) is 0.427. The number of carboxylic acids is 1. The van der Waals surface area contributed by atoms with E-state index in [1.165, 1.54) is 5.69 Å². The highest BCUT2D eigenvalue weighted by molar-refractivity contribution is 5.95. The molecule has 4 rings (SSSR count). The third-order valence-corrected chi connectivity index (χ3v) is 7.20. The second-order valence-electron chi connectivity index (χ2n) is 9.48. The van der Waals surface area contributed by atoms with Crippen molar-refractivity contribution in [3.05, 3.63) is 59.7 Å². The summed E-state index contributed by atoms with van der Waals surface area (Å²) in [5, 5.41) is 17.5. The van der Waals surface area contributed by atoms with Crippen LogP contribution in [0.2, 0.25) is 0 Å². The summed E-state index contributed by atoms with van der Waals surface area (Å²) in [5.74, 6) is -0.682. The number of hydrogen-bond donors (Lipinski definition) is 3. The van der Waals surface area contributed by atoms with E-state index in [1.54, 1.807) is 0 Å². The highest BCUT2D eigenvalue weighted by Gasteiger charge is 2.33. The number of hydrogen-bond acceptors (Lipinski definition) is 6. The molecule has 2 heterocycles. The van der Waals surface area contributed by atoms with Crippen molar-refractivity contribution in [1.82, 2.24) is 9.80 Å². The van der Waals surface area contributed by atoms with Crippen LogP contribution < -0.4 is 15.5 Å². The monoisotopic (exact) mass is 464 g/mol. The highest BCUT2D eigenvalue weighted by atomic mass is 16.4. The molecule has 2 aromatic carbocycles. The normalized spacial score (nSPS) is 19.1. The summed E-state index contributed by atoms with van der Waals surface area (Å²) in [4.78, 5) is 21.2. The topological polar surface area (TPSA) is 100 Å². The van der Waals surface area contributed by atoms with Crippen LogP contribution in [0.25, 0.3) is 0 Å². The summed E-state index contributed by atoms with van der Waals surface area (Å²) >= 11 is 0. The Morgan fingerprint density at radius 1 is 0.971 bits per heavy atom. The molecule has 34 heavy (non-hydrogen) atoms. The fourth-order valence-electron chi connectivity index (χ4n) is 5.17. The molecule has 0 amide bonds. The van der Waals surface area contributed by atoms with Gasteiger partial charge in [-0.3, -0.25) is 20.0 Å². The number of benzene rings is 2. The zero-order valence-corrected chi connectivity index (χ0v) is 20.2. The zero-order valence-electron chi connectivity index (χ0n) is 20.2. The van der Waals surface area contributed by atoms with Gasteiger partial charge in [-0.05, 0) is 54.8 Å². The van der Waals surface area contributed by atoms with Crippen molar-refractivity contribution in [1.29, 1.82) is 5.41 Å². The second-order valence-corrected chi connectivity index (χ2v) is 9.48. The predicted molar refractivity (Wildman–Crippen MR) is 137 cm³/mol. The lowest BCUT2D eigenvalue weighted by molar-refractivity contribution is -0.144. The first-order chi connectivity index (χ1) is 16.3. The number of amidine groups is 1. The van der Waals surface area contributed by atoms with Crippen LogP contribution in [0.1, 0.15) is 30.0 Å². The Kier molecular flexibility index (Phi) is 7.38. The minimum atomic E-state index is -0.777. The third kappa shape index (κ3) is 5.34. The third-order valence-electron chi connectivity index (χ3n) is 7.20. The number of likely N-dealkylation sites (tertiary alicyclic amines) is 1. The summed E-state index contributed by atoms with van der Waals surface area (Å²) in [5.41, 5.74) is 9.40. The highest BCUT2D eigenvalue weighted by Crippen LogP contribution is 2.29. The van der Waals surface area contributed by atoms with Crippen LogP contribution in [-0.2, 0) is 4.79 Å². The number of piperidine rings is 1. The van der Waals surface area contributed by atoms with Gasteiger partial charge in [0.1, 0.15) is 11.9 Å². The molecule has 2 saturated heterocycles. The standard InChI is InChI=1S/C26H36N6O2/c1-29(2)21-7-3-19(4-8-21)24(26(33)34)32-13-11-23(12-14-32)31-17-15-30(16-18-31)22-9-5-20(6-10-22)25(27)28/h3-10,23-24H,11-18H2,1-2H3,(H3,27,28)(H,33,34). The smallest absolute Gasteiger partial charge is 0.325 e. The van der Waals surface area contributed by atoms with Gasteiger partial charge in [0.25, 0.3) is 0 Å². The van der Waals surface area contributed by atoms with Crippen LogP contribution in [0.5, 0.6) is 0 Å². The molecule has 4 N–H and O–H groups in total. The largest absolute Gasteiger partial charge is 0.480 e. The first-order valence-corrected chi connectivity index (χ1v) is 12.0. The van der Waals surface area contributed by atoms with E-state index in [2.05, 4.69) is 14.7 Å². The lowest BCUT2D eigenvalue weighted by Crippen LogP contribution is -2.54. The molecule has 0 aliphatic carbocycles. The van der Waals surface area contributed by atoms with Crippen LogP contribution in [0.3, 0.4) is 0 Å². The first kappa shape index (κ1) is 24.0. The molecule has 0 spiro atoms. The molecule has 8 nitrogen and oxygen atoms in total. The predicted octanol–water partition coefficient (Wildman–Crippen LogP) is 2.45. The number of nitrogens with one attached hydrogen (secondary N) is 1. The Bertz CT molecular complexity index is 975. The van der Waals surface area contributed by atoms with Gasteiger partial charge >= 0.3 is 5.97 Å². The number of piperazine rings is 1. The Hall–Kier alpha value is -3.10. The van der Waals surface area contributed by atoms with Gasteiger partial charge in [-0.25, -0.2) is 0 Å². The van der Waals surface area contributed by atoms with Crippen LogP contribution in [-0.4, -0.2) is 86.1 Å². The lowest BCUT2D eigenvalue weighted by Gasteiger charge is -2.44. The molecule has 0 bridgehead atoms. The molecule has 2 fully saturated rings. The van der Waals surface area contributed by atoms with E-state index < -0.39 is 12.0 Å². The molecule has 2 aliphatic heterocycles. The average Bonchev–Trinajstić information content (AvgIpc) is 2.85. The maximum absolute atomic E-state index is 12.1. The molecule has 0 saturated carbocycles. The van der Waals surface area contributed by atoms with Crippen molar-refractivity contribution < 1.29 is 9.90 Å². The van der Waals surface area contributed by atoms with E-state index in [0.29, 0.717) is 6.04 Å². The van der Waals surface area contributed by atoms with Crippen molar-refractivity contribution in [2.24, 2.45) is 5.73 Å². The minimum absolute atomic E-state index is 0.0958. The number of rotatable bonds is 7. The molecule has 182 valence electrons. The Labute approximate surface area is 202 Å². The van der Waals surface area contributed by atoms with E-state index >= 15 is 0 Å². The summed E-state index contributed by atoms with van der Waals surface area (Å²) in [6.45, 7) is 5.54. The fraction of sp³-hybridized carbons (Fsp3) is 0.462. The summed E-state index contributed by atoms with van der Waals surface area (Å²) in [6, 6.07) is 15.7. The maximum atomic E-state index is 12.1. The average molecular weight is 465 g/mol. The SMILES string of the molecule is CN(C)c1ccc(C(C(=O)O)N2CCC(N3CCN(c4ccc(C(=N)N)cc4)CC3)CC2)cc1. The number of nitrogen functional groups attached to an aromatic ring is 1. The summed E-state index contributed by atoms with van der Waals surface area (Å²) in [7, 11) is 3.97. The molecular formula is C26H36N6O2. The van der Waals surface area contributed by atoms with Crippen molar-refractivity contribution in [2.45, 2.75) is 24.9 Å². The van der Waals surface area contributed by atoms with E-state index in [4.69, 9.17) is 11.1 Å². The number of nitrogens with two attached hydrogens (primary N) is 1. The number of aliphatic carboxylic acids is 1. The van der Waals surface area contributed by atoms with Gasteiger partial charge in [0.05, 0.1) is 0 Å². The van der Waals surface area contributed by atoms with Gasteiger partial charge in [-0.15, -0.1) is 0 Å². The zero-order chi connectivity index (χ0) is 24.2. The van der Waals surface area contributed by atoms with E-state index in [0.717, 1.165) is 68.9 Å². The van der Waals surface area contributed by atoms with Gasteiger partial charge in [-0.2, -0.15) is 0 Å². The minimum Gasteiger partial charge on any atom is -0.480 e. The second kappa shape index (κ2) is 10.4. The molecule has 1 atom stereocenters. The van der Waals surface area contributed by atoms with Crippen molar-refractivity contribution in [3.8, 4) is 0 Å². The number of carbonyl (C=O) groups is 1.